The van der Waals surface area contributed by atoms with E-state index < -0.39 is 6.10 Å². The van der Waals surface area contributed by atoms with E-state index in [1.807, 2.05) is 6.07 Å². The van der Waals surface area contributed by atoms with E-state index in [9.17, 15) is 5.11 Å². The van der Waals surface area contributed by atoms with E-state index in [2.05, 4.69) is 86.6 Å². The first kappa shape index (κ1) is 22.5. The summed E-state index contributed by atoms with van der Waals surface area (Å²) >= 11 is 0. The van der Waals surface area contributed by atoms with E-state index in [0.29, 0.717) is 12.6 Å². The zero-order valence-electron chi connectivity index (χ0n) is 19.3. The van der Waals surface area contributed by atoms with E-state index in [4.69, 9.17) is 4.74 Å². The second-order valence-corrected chi connectivity index (χ2v) is 9.10. The van der Waals surface area contributed by atoms with Crippen molar-refractivity contribution in [3.05, 3.63) is 101 Å². The summed E-state index contributed by atoms with van der Waals surface area (Å²) in [6.45, 7) is 9.52. The van der Waals surface area contributed by atoms with Crippen LogP contribution < -0.4 is 14.5 Å². The highest BCUT2D eigenvalue weighted by Crippen LogP contribution is 2.19. The van der Waals surface area contributed by atoms with Crippen LogP contribution in [0.1, 0.15) is 28.3 Å². The van der Waals surface area contributed by atoms with Crippen LogP contribution in [0.2, 0.25) is 0 Å². The normalized spacial score (nSPS) is 19.6. The molecule has 1 aliphatic heterocycles. The maximum absolute atomic E-state index is 10.6. The summed E-state index contributed by atoms with van der Waals surface area (Å²) in [5.74, 6) is 0.868. The molecule has 4 rings (SSSR count). The molecule has 0 radical (unpaired) electrons. The van der Waals surface area contributed by atoms with Gasteiger partial charge in [0.25, 0.3) is 0 Å². The number of aliphatic hydroxyl groups excluding tert-OH is 1. The molecular weight excluding hydrogens is 396 g/mol. The minimum absolute atomic E-state index is 0.348. The average molecular weight is 433 g/mol. The van der Waals surface area contributed by atoms with Crippen molar-refractivity contribution < 1.29 is 19.6 Å². The molecule has 3 aromatic rings. The Bertz CT molecular complexity index is 930. The van der Waals surface area contributed by atoms with Gasteiger partial charge in [-0.2, -0.15) is 0 Å². The summed E-state index contributed by atoms with van der Waals surface area (Å²) in [7, 11) is 0. The molecule has 4 nitrogen and oxygen atoms in total. The molecule has 0 aliphatic carbocycles. The fourth-order valence-electron chi connectivity index (χ4n) is 4.91. The van der Waals surface area contributed by atoms with Crippen molar-refractivity contribution in [2.24, 2.45) is 0 Å². The molecule has 1 fully saturated rings. The molecule has 0 spiro atoms. The topological polar surface area (TPSA) is 38.3 Å². The highest BCUT2D eigenvalue weighted by atomic mass is 16.5. The molecule has 168 valence electrons. The van der Waals surface area contributed by atoms with Crippen molar-refractivity contribution in [3.63, 3.8) is 0 Å². The summed E-state index contributed by atoms with van der Waals surface area (Å²) < 4.78 is 5.90. The molecule has 0 amide bonds. The molecule has 0 saturated carbocycles. The van der Waals surface area contributed by atoms with E-state index in [1.165, 1.54) is 21.6 Å². The van der Waals surface area contributed by atoms with Crippen LogP contribution in [0, 0.1) is 13.8 Å². The number of hydrogen-bond acceptors (Lipinski definition) is 2. The highest BCUT2D eigenvalue weighted by Gasteiger charge is 2.32. The summed E-state index contributed by atoms with van der Waals surface area (Å²) in [5.41, 5.74) is 5.09. The van der Waals surface area contributed by atoms with Crippen molar-refractivity contribution in [2.75, 3.05) is 39.3 Å². The molecule has 0 bridgehead atoms. The zero-order chi connectivity index (χ0) is 22.3. The monoisotopic (exact) mass is 432 g/mol. The second-order valence-electron chi connectivity index (χ2n) is 9.10. The molecule has 3 N–H and O–H groups in total. The molecular formula is C28H36N2O2+2. The fraction of sp³-hybridized carbons (Fsp3) is 0.357. The Kier molecular flexibility index (Phi) is 7.59. The molecule has 1 aliphatic rings. The van der Waals surface area contributed by atoms with Crippen LogP contribution in [0.15, 0.2) is 78.9 Å². The zero-order valence-corrected chi connectivity index (χ0v) is 19.3. The number of nitrogens with one attached hydrogen (secondary N) is 2. The minimum Gasteiger partial charge on any atom is -0.490 e. The average Bonchev–Trinajstić information content (AvgIpc) is 2.81. The summed E-state index contributed by atoms with van der Waals surface area (Å²) in [4.78, 5) is 3.07. The fourth-order valence-corrected chi connectivity index (χ4v) is 4.91. The first-order valence-corrected chi connectivity index (χ1v) is 11.8. The smallest absolute Gasteiger partial charge is 0.139 e. The molecule has 1 heterocycles. The summed E-state index contributed by atoms with van der Waals surface area (Å²) in [6.07, 6.45) is -0.453. The molecule has 1 atom stereocenters. The molecule has 32 heavy (non-hydrogen) atoms. The van der Waals surface area contributed by atoms with Crippen LogP contribution in [-0.4, -0.2) is 50.5 Å². The Morgan fingerprint density at radius 2 is 1.41 bits per heavy atom. The van der Waals surface area contributed by atoms with Crippen LogP contribution in [0.25, 0.3) is 0 Å². The number of quaternary nitrogens is 2. The maximum atomic E-state index is 10.6. The lowest BCUT2D eigenvalue weighted by molar-refractivity contribution is -1.02. The largest absolute Gasteiger partial charge is 0.490 e. The van der Waals surface area contributed by atoms with Gasteiger partial charge in [0.1, 0.15) is 57.2 Å². The summed E-state index contributed by atoms with van der Waals surface area (Å²) in [5, 5.41) is 10.6. The standard InChI is InChI=1S/C28H34N2O2/c1-22-13-14-27(23(2)19-22)32-21-26(31)20-29-15-17-30(18-16-29)28(24-9-5-3-6-10-24)25-11-7-4-8-12-25/h3-14,19,26,28,31H,15-18,20-21H2,1-2H3/p+2/t26-/m0/s1. The van der Waals surface area contributed by atoms with Crippen molar-refractivity contribution in [1.82, 2.24) is 0 Å². The Balaban J connectivity index is 1.32. The van der Waals surface area contributed by atoms with Crippen LogP contribution >= 0.6 is 0 Å². The molecule has 0 aromatic heterocycles. The van der Waals surface area contributed by atoms with Gasteiger partial charge in [0.15, 0.2) is 0 Å². The van der Waals surface area contributed by atoms with Crippen molar-refractivity contribution >= 4 is 0 Å². The molecule has 1 saturated heterocycles. The lowest BCUT2D eigenvalue weighted by Gasteiger charge is -2.35. The number of benzene rings is 3. The SMILES string of the molecule is Cc1ccc(OC[C@@H](O)C[NH+]2CC[NH+](C(c3ccccc3)c3ccccc3)CC2)c(C)c1. The number of rotatable bonds is 8. The second kappa shape index (κ2) is 10.8. The van der Waals surface area contributed by atoms with Crippen LogP contribution in [-0.2, 0) is 0 Å². The number of aryl methyl sites for hydroxylation is 2. The predicted molar refractivity (Wildman–Crippen MR) is 128 cm³/mol. The highest BCUT2D eigenvalue weighted by molar-refractivity contribution is 5.35. The van der Waals surface area contributed by atoms with Gasteiger partial charge in [-0.15, -0.1) is 0 Å². The number of aliphatic hydroxyl groups is 1. The Morgan fingerprint density at radius 3 is 1.97 bits per heavy atom. The molecule has 3 aromatic carbocycles. The van der Waals surface area contributed by atoms with Gasteiger partial charge >= 0.3 is 0 Å². The lowest BCUT2D eigenvalue weighted by atomic mass is 9.96. The van der Waals surface area contributed by atoms with Gasteiger partial charge in [0.05, 0.1) is 0 Å². The van der Waals surface area contributed by atoms with Gasteiger partial charge < -0.3 is 19.6 Å². The van der Waals surface area contributed by atoms with E-state index in [-0.39, 0.29) is 0 Å². The first-order chi connectivity index (χ1) is 15.6. The first-order valence-electron chi connectivity index (χ1n) is 11.8. The van der Waals surface area contributed by atoms with Crippen LogP contribution in [0.4, 0.5) is 0 Å². The van der Waals surface area contributed by atoms with E-state index in [0.717, 1.165) is 44.0 Å². The van der Waals surface area contributed by atoms with Crippen molar-refractivity contribution in [2.45, 2.75) is 26.0 Å². The van der Waals surface area contributed by atoms with Crippen molar-refractivity contribution in [1.29, 1.82) is 0 Å². The van der Waals surface area contributed by atoms with Gasteiger partial charge in [-0.25, -0.2) is 0 Å². The Labute approximate surface area is 192 Å². The predicted octanol–water partition coefficient (Wildman–Crippen LogP) is 1.62. The third kappa shape index (κ3) is 5.77. The Hall–Kier alpha value is -2.66. The van der Waals surface area contributed by atoms with Gasteiger partial charge in [-0.3, -0.25) is 0 Å². The number of hydrogen-bond donors (Lipinski definition) is 3. The van der Waals surface area contributed by atoms with Gasteiger partial charge in [-0.05, 0) is 25.5 Å². The van der Waals surface area contributed by atoms with Crippen LogP contribution in [0.5, 0.6) is 5.75 Å². The van der Waals surface area contributed by atoms with Crippen molar-refractivity contribution in [3.8, 4) is 5.75 Å². The third-order valence-corrected chi connectivity index (χ3v) is 6.56. The van der Waals surface area contributed by atoms with Crippen LogP contribution in [0.3, 0.4) is 0 Å². The van der Waals surface area contributed by atoms with Gasteiger partial charge in [0.2, 0.25) is 0 Å². The molecule has 4 heteroatoms. The number of piperazine rings is 1. The van der Waals surface area contributed by atoms with E-state index in [1.54, 1.807) is 4.90 Å². The van der Waals surface area contributed by atoms with E-state index >= 15 is 0 Å². The quantitative estimate of drug-likeness (QED) is 0.506. The molecule has 0 unspecified atom stereocenters. The minimum atomic E-state index is -0.453. The Morgan fingerprint density at radius 1 is 0.812 bits per heavy atom. The van der Waals surface area contributed by atoms with Gasteiger partial charge in [0, 0.05) is 11.1 Å². The maximum Gasteiger partial charge on any atom is 0.139 e. The number of ether oxygens (including phenoxy) is 1. The third-order valence-electron chi connectivity index (χ3n) is 6.56. The van der Waals surface area contributed by atoms with Gasteiger partial charge in [-0.1, -0.05) is 78.4 Å². The lowest BCUT2D eigenvalue weighted by Crippen LogP contribution is -3.28. The summed E-state index contributed by atoms with van der Waals surface area (Å²) in [6, 6.07) is 28.2.